The van der Waals surface area contributed by atoms with E-state index in [4.69, 9.17) is 10.5 Å². The number of ether oxygens (including phenoxy) is 1. The van der Waals surface area contributed by atoms with Crippen molar-refractivity contribution in [3.05, 3.63) is 35.7 Å². The summed E-state index contributed by atoms with van der Waals surface area (Å²) < 4.78 is 43.6. The lowest BCUT2D eigenvalue weighted by Crippen LogP contribution is -2.31. The molecule has 0 spiro atoms. The van der Waals surface area contributed by atoms with Crippen molar-refractivity contribution in [1.82, 2.24) is 4.72 Å². The lowest BCUT2D eigenvalue weighted by Gasteiger charge is -2.18. The molecule has 0 saturated carbocycles. The average Bonchev–Trinajstić information content (AvgIpc) is 2.39. The minimum Gasteiger partial charge on any atom is -0.489 e. The standard InChI is InChI=1S/C12H15FN2O3S.ClH/c13-6-9(7-14)8-18-11-1-2-12-10(5-11)3-4-15-19(12,16)17;/h1-2,5-6,15H,3-4,7-8,14H2;1H/b9-6+;. The van der Waals surface area contributed by atoms with Gasteiger partial charge in [-0.1, -0.05) is 0 Å². The van der Waals surface area contributed by atoms with Gasteiger partial charge in [0.25, 0.3) is 0 Å². The first-order chi connectivity index (χ1) is 9.06. The molecule has 3 N–H and O–H groups in total. The van der Waals surface area contributed by atoms with E-state index in [1.807, 2.05) is 0 Å². The Labute approximate surface area is 123 Å². The molecule has 20 heavy (non-hydrogen) atoms. The molecule has 0 bridgehead atoms. The predicted octanol–water partition coefficient (Wildman–Crippen LogP) is 1.13. The fraction of sp³-hybridized carbons (Fsp3) is 0.333. The quantitative estimate of drug-likeness (QED) is 0.871. The van der Waals surface area contributed by atoms with E-state index in [1.54, 1.807) is 12.1 Å². The van der Waals surface area contributed by atoms with E-state index in [0.29, 0.717) is 36.2 Å². The van der Waals surface area contributed by atoms with Crippen molar-refractivity contribution >= 4 is 22.4 Å². The van der Waals surface area contributed by atoms with Gasteiger partial charge in [0.1, 0.15) is 12.4 Å². The Hall–Kier alpha value is -1.15. The summed E-state index contributed by atoms with van der Waals surface area (Å²) >= 11 is 0. The first kappa shape index (κ1) is 16.9. The van der Waals surface area contributed by atoms with Gasteiger partial charge >= 0.3 is 0 Å². The van der Waals surface area contributed by atoms with Crippen LogP contribution in [-0.2, 0) is 16.4 Å². The maximum absolute atomic E-state index is 12.3. The zero-order chi connectivity index (χ0) is 13.9. The van der Waals surface area contributed by atoms with Gasteiger partial charge in [-0.3, -0.25) is 0 Å². The number of nitrogens with two attached hydrogens (primary N) is 1. The number of hydrogen-bond acceptors (Lipinski definition) is 4. The number of benzene rings is 1. The highest BCUT2D eigenvalue weighted by Crippen LogP contribution is 2.25. The summed E-state index contributed by atoms with van der Waals surface area (Å²) in [6.07, 6.45) is 1.03. The molecule has 0 aromatic heterocycles. The van der Waals surface area contributed by atoms with Crippen LogP contribution in [0.3, 0.4) is 0 Å². The largest absolute Gasteiger partial charge is 0.489 e. The van der Waals surface area contributed by atoms with E-state index < -0.39 is 10.0 Å². The molecule has 0 radical (unpaired) electrons. The normalized spacial score (nSPS) is 17.0. The van der Waals surface area contributed by atoms with Crippen LogP contribution in [0.25, 0.3) is 0 Å². The lowest BCUT2D eigenvalue weighted by atomic mass is 10.1. The number of fused-ring (bicyclic) bond motifs is 1. The minimum atomic E-state index is -3.40. The van der Waals surface area contributed by atoms with Crippen molar-refractivity contribution in [2.45, 2.75) is 11.3 Å². The maximum atomic E-state index is 12.3. The Kier molecular flexibility index (Phi) is 5.94. The second-order valence-electron chi connectivity index (χ2n) is 4.18. The van der Waals surface area contributed by atoms with Gasteiger partial charge < -0.3 is 10.5 Å². The average molecular weight is 323 g/mol. The van der Waals surface area contributed by atoms with Crippen LogP contribution >= 0.6 is 12.4 Å². The van der Waals surface area contributed by atoms with Crippen LogP contribution in [0.2, 0.25) is 0 Å². The van der Waals surface area contributed by atoms with Crippen LogP contribution < -0.4 is 15.2 Å². The summed E-state index contributed by atoms with van der Waals surface area (Å²) in [5.74, 6) is 0.503. The Morgan fingerprint density at radius 1 is 1.50 bits per heavy atom. The maximum Gasteiger partial charge on any atom is 0.240 e. The van der Waals surface area contributed by atoms with Crippen LogP contribution in [0, 0.1) is 0 Å². The lowest BCUT2D eigenvalue weighted by molar-refractivity contribution is 0.347. The molecule has 0 fully saturated rings. The van der Waals surface area contributed by atoms with Crippen molar-refractivity contribution in [2.75, 3.05) is 19.7 Å². The molecule has 112 valence electrons. The third-order valence-electron chi connectivity index (χ3n) is 2.85. The summed E-state index contributed by atoms with van der Waals surface area (Å²) in [5.41, 5.74) is 6.36. The Morgan fingerprint density at radius 3 is 2.90 bits per heavy atom. The van der Waals surface area contributed by atoms with Crippen molar-refractivity contribution in [3.8, 4) is 5.75 Å². The van der Waals surface area contributed by atoms with E-state index in [0.717, 1.165) is 0 Å². The smallest absolute Gasteiger partial charge is 0.240 e. The predicted molar refractivity (Wildman–Crippen MR) is 76.3 cm³/mol. The minimum absolute atomic E-state index is 0. The summed E-state index contributed by atoms with van der Waals surface area (Å²) in [5, 5.41) is 0. The third kappa shape index (κ3) is 3.69. The van der Waals surface area contributed by atoms with E-state index in [2.05, 4.69) is 4.72 Å². The van der Waals surface area contributed by atoms with Gasteiger partial charge in [0.2, 0.25) is 10.0 Å². The molecule has 1 heterocycles. The van der Waals surface area contributed by atoms with Crippen molar-refractivity contribution in [2.24, 2.45) is 5.73 Å². The molecule has 0 unspecified atom stereocenters. The monoisotopic (exact) mass is 322 g/mol. The number of nitrogens with one attached hydrogen (secondary N) is 1. The molecule has 5 nitrogen and oxygen atoms in total. The Morgan fingerprint density at radius 2 is 2.25 bits per heavy atom. The molecule has 0 amide bonds. The Balaban J connectivity index is 0.00000200. The molecule has 8 heteroatoms. The first-order valence-electron chi connectivity index (χ1n) is 5.80. The van der Waals surface area contributed by atoms with Crippen LogP contribution in [0.1, 0.15) is 5.56 Å². The van der Waals surface area contributed by atoms with Crippen molar-refractivity contribution < 1.29 is 17.5 Å². The van der Waals surface area contributed by atoms with Crippen LogP contribution in [0.15, 0.2) is 35.0 Å². The van der Waals surface area contributed by atoms with Crippen LogP contribution in [0.5, 0.6) is 5.75 Å². The second kappa shape index (κ2) is 7.03. The highest BCUT2D eigenvalue weighted by molar-refractivity contribution is 7.89. The zero-order valence-electron chi connectivity index (χ0n) is 10.6. The SMILES string of the molecule is Cl.NC/C(=C\F)COc1ccc2c(c1)CCNS2(=O)=O. The molecule has 1 aliphatic heterocycles. The van der Waals surface area contributed by atoms with Gasteiger partial charge in [0, 0.05) is 18.7 Å². The summed E-state index contributed by atoms with van der Waals surface area (Å²) in [6, 6.07) is 4.71. The molecule has 1 aliphatic rings. The van der Waals surface area contributed by atoms with Crippen LogP contribution in [-0.4, -0.2) is 28.1 Å². The molecule has 0 aliphatic carbocycles. The number of rotatable bonds is 4. The van der Waals surface area contributed by atoms with Gasteiger partial charge in [0.05, 0.1) is 11.2 Å². The second-order valence-corrected chi connectivity index (χ2v) is 5.91. The number of sulfonamides is 1. The summed E-state index contributed by atoms with van der Waals surface area (Å²) in [6.45, 7) is 0.508. The van der Waals surface area contributed by atoms with Gasteiger partial charge in [-0.2, -0.15) is 0 Å². The molecule has 2 rings (SSSR count). The molecular weight excluding hydrogens is 307 g/mol. The molecule has 0 atom stereocenters. The van der Waals surface area contributed by atoms with Gasteiger partial charge in [-0.25, -0.2) is 17.5 Å². The fourth-order valence-electron chi connectivity index (χ4n) is 1.81. The highest BCUT2D eigenvalue weighted by atomic mass is 35.5. The van der Waals surface area contributed by atoms with Gasteiger partial charge in [0.15, 0.2) is 0 Å². The third-order valence-corrected chi connectivity index (χ3v) is 4.41. The molecular formula is C12H16ClFN2O3S. The molecule has 1 aromatic carbocycles. The van der Waals surface area contributed by atoms with E-state index >= 15 is 0 Å². The van der Waals surface area contributed by atoms with E-state index in [9.17, 15) is 12.8 Å². The van der Waals surface area contributed by atoms with Gasteiger partial charge in [-0.15, -0.1) is 12.4 Å². The fourth-order valence-corrected chi connectivity index (χ4v) is 3.09. The summed E-state index contributed by atoms with van der Waals surface area (Å²) in [4.78, 5) is 0.270. The zero-order valence-corrected chi connectivity index (χ0v) is 12.3. The van der Waals surface area contributed by atoms with Crippen molar-refractivity contribution in [3.63, 3.8) is 0 Å². The van der Waals surface area contributed by atoms with Crippen LogP contribution in [0.4, 0.5) is 4.39 Å². The van der Waals surface area contributed by atoms with E-state index in [1.165, 1.54) is 6.07 Å². The topological polar surface area (TPSA) is 81.4 Å². The highest BCUT2D eigenvalue weighted by Gasteiger charge is 2.22. The Bertz CT molecular complexity index is 605. The first-order valence-corrected chi connectivity index (χ1v) is 7.28. The van der Waals surface area contributed by atoms with E-state index in [-0.39, 0.29) is 30.5 Å². The van der Waals surface area contributed by atoms with Crippen molar-refractivity contribution in [1.29, 1.82) is 0 Å². The molecule has 1 aromatic rings. The summed E-state index contributed by atoms with van der Waals surface area (Å²) in [7, 11) is -3.40. The van der Waals surface area contributed by atoms with Gasteiger partial charge in [-0.05, 0) is 30.2 Å². The number of hydrogen-bond donors (Lipinski definition) is 2. The molecule has 0 saturated heterocycles. The number of halogens is 2.